The Kier molecular flexibility index (Phi) is 5.43. The van der Waals surface area contributed by atoms with E-state index in [0.29, 0.717) is 13.0 Å². The summed E-state index contributed by atoms with van der Waals surface area (Å²) >= 11 is 0. The number of allylic oxidation sites excluding steroid dienone is 1. The van der Waals surface area contributed by atoms with Crippen molar-refractivity contribution in [3.63, 3.8) is 0 Å². The highest BCUT2D eigenvalue weighted by Crippen LogP contribution is 2.34. The number of rotatable bonds is 5. The minimum Gasteiger partial charge on any atom is -0.404 e. The Labute approximate surface area is 153 Å². The molecule has 1 heterocycles. The minimum atomic E-state index is 0.388. The maximum absolute atomic E-state index is 8.66. The molecule has 0 fully saturated rings. The summed E-state index contributed by atoms with van der Waals surface area (Å²) < 4.78 is 0. The van der Waals surface area contributed by atoms with E-state index >= 15 is 0 Å². The van der Waals surface area contributed by atoms with E-state index in [2.05, 4.69) is 11.1 Å². The van der Waals surface area contributed by atoms with Crippen LogP contribution in [0.15, 0.2) is 23.3 Å². The lowest BCUT2D eigenvalue weighted by Gasteiger charge is -2.23. The van der Waals surface area contributed by atoms with Crippen molar-refractivity contribution in [1.29, 1.82) is 10.7 Å². The lowest BCUT2D eigenvalue weighted by Crippen LogP contribution is -2.12. The Balaban J connectivity index is 2.21. The van der Waals surface area contributed by atoms with Crippen LogP contribution in [0.5, 0.6) is 0 Å². The van der Waals surface area contributed by atoms with Gasteiger partial charge in [0, 0.05) is 35.2 Å². The summed E-state index contributed by atoms with van der Waals surface area (Å²) in [6.45, 7) is 2.50. The first kappa shape index (κ1) is 17.8. The van der Waals surface area contributed by atoms with E-state index in [1.165, 1.54) is 17.3 Å². The Hall–Kier alpha value is -3.00. The van der Waals surface area contributed by atoms with Crippen LogP contribution in [0, 0.1) is 23.7 Å². The molecule has 5 heteroatoms. The van der Waals surface area contributed by atoms with E-state index in [1.54, 1.807) is 12.4 Å². The van der Waals surface area contributed by atoms with Gasteiger partial charge in [-0.25, -0.2) is 4.98 Å². The average Bonchev–Trinajstić information content (AvgIpc) is 2.68. The Morgan fingerprint density at radius 1 is 1.35 bits per heavy atom. The van der Waals surface area contributed by atoms with Crippen LogP contribution in [0.25, 0.3) is 16.5 Å². The van der Waals surface area contributed by atoms with Crippen LogP contribution in [0.4, 0.5) is 0 Å². The van der Waals surface area contributed by atoms with Crippen molar-refractivity contribution in [2.45, 2.75) is 39.0 Å². The van der Waals surface area contributed by atoms with Crippen molar-refractivity contribution in [2.75, 3.05) is 6.54 Å². The number of benzene rings is 1. The summed E-state index contributed by atoms with van der Waals surface area (Å²) in [4.78, 5) is 9.21. The third kappa shape index (κ3) is 3.23. The molecule has 1 aromatic carbocycles. The number of pyridine rings is 1. The largest absolute Gasteiger partial charge is 0.404 e. The Bertz CT molecular complexity index is 947. The fourth-order valence-corrected chi connectivity index (χ4v) is 3.64. The number of nitriles is 1. The molecule has 0 aliphatic heterocycles. The fourth-order valence-electron chi connectivity index (χ4n) is 3.64. The monoisotopic (exact) mass is 345 g/mol. The number of aliphatic imine (C=N–C) groups is 1. The molecule has 0 saturated heterocycles. The first-order valence-corrected chi connectivity index (χ1v) is 8.95. The zero-order valence-electron chi connectivity index (χ0n) is 15.0. The second-order valence-electron chi connectivity index (χ2n) is 6.52. The predicted octanol–water partition coefficient (Wildman–Crippen LogP) is 3.70. The summed E-state index contributed by atoms with van der Waals surface area (Å²) in [6, 6.07) is 6.13. The number of fused-ring (bicyclic) bond motifs is 3. The molecule has 0 atom stereocenters. The molecule has 26 heavy (non-hydrogen) atoms. The molecule has 0 bridgehead atoms. The molecular weight excluding hydrogens is 322 g/mol. The molecular formula is C21H23N5. The van der Waals surface area contributed by atoms with Gasteiger partial charge in [0.25, 0.3) is 0 Å². The second-order valence-corrected chi connectivity index (χ2v) is 6.52. The molecule has 132 valence electrons. The smallest absolute Gasteiger partial charge is 0.0774 e. The van der Waals surface area contributed by atoms with Gasteiger partial charge < -0.3 is 11.1 Å². The van der Waals surface area contributed by atoms with E-state index in [-0.39, 0.29) is 0 Å². The van der Waals surface area contributed by atoms with Crippen molar-refractivity contribution in [3.8, 4) is 6.07 Å². The van der Waals surface area contributed by atoms with E-state index in [4.69, 9.17) is 21.4 Å². The van der Waals surface area contributed by atoms with Crippen LogP contribution in [0.1, 0.15) is 47.2 Å². The second kappa shape index (κ2) is 7.92. The molecule has 5 nitrogen and oxygen atoms in total. The highest BCUT2D eigenvalue weighted by atomic mass is 14.7. The molecule has 1 aromatic heterocycles. The van der Waals surface area contributed by atoms with Gasteiger partial charge in [-0.2, -0.15) is 5.26 Å². The minimum absolute atomic E-state index is 0.388. The molecule has 1 aliphatic rings. The van der Waals surface area contributed by atoms with Crippen molar-refractivity contribution < 1.29 is 0 Å². The summed E-state index contributed by atoms with van der Waals surface area (Å²) in [5.74, 6) is 0. The van der Waals surface area contributed by atoms with Gasteiger partial charge >= 0.3 is 0 Å². The maximum Gasteiger partial charge on any atom is 0.0774 e. The van der Waals surface area contributed by atoms with Crippen molar-refractivity contribution >= 4 is 28.9 Å². The summed E-state index contributed by atoms with van der Waals surface area (Å²) in [5, 5.41) is 17.6. The third-order valence-corrected chi connectivity index (χ3v) is 4.91. The topological polar surface area (TPSA) is 98.9 Å². The zero-order valence-corrected chi connectivity index (χ0v) is 15.0. The van der Waals surface area contributed by atoms with E-state index < -0.39 is 0 Å². The van der Waals surface area contributed by atoms with Crippen LogP contribution in [0.3, 0.4) is 0 Å². The normalized spacial score (nSPS) is 14.4. The SMILES string of the molecule is Cc1ccc2nc(/C(C=NCCC#N)=C/N)c3c(c2c1C=N)CCCC3. The molecule has 3 rings (SSSR count). The van der Waals surface area contributed by atoms with E-state index in [1.807, 2.05) is 19.1 Å². The van der Waals surface area contributed by atoms with E-state index in [0.717, 1.165) is 59.0 Å². The van der Waals surface area contributed by atoms with Crippen LogP contribution in [-0.4, -0.2) is 24.0 Å². The quantitative estimate of drug-likeness (QED) is 0.638. The number of aromatic nitrogens is 1. The first-order chi connectivity index (χ1) is 12.7. The van der Waals surface area contributed by atoms with Gasteiger partial charge in [-0.3, -0.25) is 4.99 Å². The maximum atomic E-state index is 8.66. The number of nitrogens with one attached hydrogen (secondary N) is 1. The lowest BCUT2D eigenvalue weighted by molar-refractivity contribution is 0.686. The molecule has 3 N–H and O–H groups in total. The van der Waals surface area contributed by atoms with E-state index in [9.17, 15) is 0 Å². The average molecular weight is 345 g/mol. The predicted molar refractivity (Wildman–Crippen MR) is 107 cm³/mol. The lowest BCUT2D eigenvalue weighted by atomic mass is 9.84. The number of nitrogens with two attached hydrogens (primary N) is 1. The van der Waals surface area contributed by atoms with Gasteiger partial charge in [-0.1, -0.05) is 6.07 Å². The van der Waals surface area contributed by atoms with Crippen LogP contribution >= 0.6 is 0 Å². The molecule has 0 amide bonds. The van der Waals surface area contributed by atoms with Gasteiger partial charge in [-0.15, -0.1) is 0 Å². The Morgan fingerprint density at radius 2 is 2.12 bits per heavy atom. The molecule has 0 saturated carbocycles. The zero-order chi connectivity index (χ0) is 18.5. The highest BCUT2D eigenvalue weighted by molar-refractivity contribution is 6.11. The summed E-state index contributed by atoms with van der Waals surface area (Å²) in [6.07, 6.45) is 9.34. The van der Waals surface area contributed by atoms with Crippen LogP contribution in [-0.2, 0) is 12.8 Å². The van der Waals surface area contributed by atoms with Crippen molar-refractivity contribution in [1.82, 2.24) is 4.98 Å². The summed E-state index contributed by atoms with van der Waals surface area (Å²) in [7, 11) is 0. The molecule has 2 aromatic rings. The molecule has 1 aliphatic carbocycles. The number of hydrogen-bond donors (Lipinski definition) is 2. The molecule has 0 unspecified atom stereocenters. The van der Waals surface area contributed by atoms with Crippen molar-refractivity contribution in [2.24, 2.45) is 10.7 Å². The van der Waals surface area contributed by atoms with Gasteiger partial charge in [0.05, 0.1) is 30.2 Å². The summed E-state index contributed by atoms with van der Waals surface area (Å²) in [5.41, 5.74) is 13.0. The Morgan fingerprint density at radius 3 is 2.81 bits per heavy atom. The van der Waals surface area contributed by atoms with Crippen molar-refractivity contribution in [3.05, 3.63) is 46.3 Å². The fraction of sp³-hybridized carbons (Fsp3) is 0.333. The van der Waals surface area contributed by atoms with Gasteiger partial charge in [0.2, 0.25) is 0 Å². The molecule has 0 spiro atoms. The van der Waals surface area contributed by atoms with Gasteiger partial charge in [-0.05, 0) is 55.4 Å². The van der Waals surface area contributed by atoms with Gasteiger partial charge in [0.15, 0.2) is 0 Å². The third-order valence-electron chi connectivity index (χ3n) is 4.91. The number of nitrogens with zero attached hydrogens (tertiary/aromatic N) is 3. The number of aryl methyl sites for hydroxylation is 2. The van der Waals surface area contributed by atoms with Gasteiger partial charge in [0.1, 0.15) is 0 Å². The highest BCUT2D eigenvalue weighted by Gasteiger charge is 2.21. The standard InChI is InChI=1S/C21H23N5/c1-14-7-8-19-20(18(14)12-24)16-5-2-3-6-17(16)21(26-19)15(11-23)13-25-10-4-9-22/h7-8,11-13,24H,2-6,10,23H2,1H3/b15-11+,24-12?,25-13?. The van der Waals surface area contributed by atoms with Crippen LogP contribution < -0.4 is 5.73 Å². The molecule has 0 radical (unpaired) electrons. The van der Waals surface area contributed by atoms with Crippen LogP contribution in [0.2, 0.25) is 0 Å². The number of hydrogen-bond acceptors (Lipinski definition) is 5. The first-order valence-electron chi connectivity index (χ1n) is 8.95.